The third-order valence-corrected chi connectivity index (χ3v) is 4.25. The summed E-state index contributed by atoms with van der Waals surface area (Å²) < 4.78 is 15.9. The van der Waals surface area contributed by atoms with Crippen molar-refractivity contribution in [3.05, 3.63) is 29.8 Å². The lowest BCUT2D eigenvalue weighted by Crippen LogP contribution is -2.19. The van der Waals surface area contributed by atoms with E-state index >= 15 is 0 Å². The molecule has 1 aliphatic heterocycles. The Kier molecular flexibility index (Phi) is 5.50. The second-order valence-corrected chi connectivity index (χ2v) is 5.70. The van der Waals surface area contributed by atoms with Crippen molar-refractivity contribution in [2.75, 3.05) is 27.4 Å². The number of hydrogen-bond acceptors (Lipinski definition) is 4. The molecule has 1 atom stereocenters. The van der Waals surface area contributed by atoms with E-state index < -0.39 is 0 Å². The summed E-state index contributed by atoms with van der Waals surface area (Å²) in [5.74, 6) is 0. The van der Waals surface area contributed by atoms with Gasteiger partial charge in [-0.1, -0.05) is 12.1 Å². The maximum absolute atomic E-state index is 5.49. The number of thioether (sulfide) groups is 1. The number of methoxy groups -OCH3 is 2. The van der Waals surface area contributed by atoms with Crippen LogP contribution in [0.25, 0.3) is 0 Å². The Morgan fingerprint density at radius 1 is 1.22 bits per heavy atom. The zero-order valence-corrected chi connectivity index (χ0v) is 11.7. The van der Waals surface area contributed by atoms with Crippen LogP contribution in [0.15, 0.2) is 29.2 Å². The molecule has 1 aliphatic rings. The molecule has 1 aromatic rings. The van der Waals surface area contributed by atoms with Crippen LogP contribution in [0, 0.1) is 0 Å². The normalized spacial score (nSPS) is 20.3. The molecule has 0 radical (unpaired) electrons. The van der Waals surface area contributed by atoms with Gasteiger partial charge in [-0.15, -0.1) is 11.8 Å². The summed E-state index contributed by atoms with van der Waals surface area (Å²) in [5.41, 5.74) is 1.05. The Labute approximate surface area is 113 Å². The summed E-state index contributed by atoms with van der Waals surface area (Å²) >= 11 is 1.89. The highest BCUT2D eigenvalue weighted by Gasteiger charge is 2.15. The number of hydrogen-bond donors (Lipinski definition) is 0. The van der Waals surface area contributed by atoms with Crippen LogP contribution in [0.3, 0.4) is 0 Å². The number of rotatable bonds is 5. The summed E-state index contributed by atoms with van der Waals surface area (Å²) in [5, 5.41) is 0.588. The monoisotopic (exact) mass is 268 g/mol. The summed E-state index contributed by atoms with van der Waals surface area (Å²) in [6.07, 6.45) is 2.14. The zero-order chi connectivity index (χ0) is 12.8. The first kappa shape index (κ1) is 13.9. The fourth-order valence-corrected chi connectivity index (χ4v) is 3.20. The van der Waals surface area contributed by atoms with Crippen molar-refractivity contribution in [1.82, 2.24) is 0 Å². The highest BCUT2D eigenvalue weighted by molar-refractivity contribution is 8.00. The molecule has 1 fully saturated rings. The van der Waals surface area contributed by atoms with Crippen LogP contribution in [-0.4, -0.2) is 32.7 Å². The van der Waals surface area contributed by atoms with Gasteiger partial charge in [0, 0.05) is 36.5 Å². The molecule has 0 amide bonds. The van der Waals surface area contributed by atoms with Crippen LogP contribution in [0.1, 0.15) is 24.7 Å². The minimum absolute atomic E-state index is 0.276. The maximum Gasteiger partial charge on any atom is 0.183 e. The van der Waals surface area contributed by atoms with Gasteiger partial charge in [-0.3, -0.25) is 0 Å². The molecule has 1 aromatic carbocycles. The molecule has 1 saturated heterocycles. The number of ether oxygens (including phenoxy) is 3. The Bertz CT molecular complexity index is 343. The van der Waals surface area contributed by atoms with E-state index in [0.717, 1.165) is 18.8 Å². The van der Waals surface area contributed by atoms with Gasteiger partial charge < -0.3 is 14.2 Å². The fourth-order valence-electron chi connectivity index (χ4n) is 2.07. The van der Waals surface area contributed by atoms with Gasteiger partial charge in [0.15, 0.2) is 6.29 Å². The van der Waals surface area contributed by atoms with Gasteiger partial charge in [0.1, 0.15) is 0 Å². The van der Waals surface area contributed by atoms with Crippen LogP contribution >= 0.6 is 11.8 Å². The predicted molar refractivity (Wildman–Crippen MR) is 72.9 cm³/mol. The Hall–Kier alpha value is -0.550. The van der Waals surface area contributed by atoms with Gasteiger partial charge in [-0.25, -0.2) is 0 Å². The third-order valence-electron chi connectivity index (χ3n) is 3.00. The highest BCUT2D eigenvalue weighted by atomic mass is 32.2. The van der Waals surface area contributed by atoms with Crippen molar-refractivity contribution in [2.24, 2.45) is 0 Å². The van der Waals surface area contributed by atoms with Crippen LogP contribution in [0.5, 0.6) is 0 Å². The third kappa shape index (κ3) is 3.72. The molecule has 100 valence electrons. The second kappa shape index (κ2) is 7.14. The van der Waals surface area contributed by atoms with E-state index in [-0.39, 0.29) is 6.29 Å². The van der Waals surface area contributed by atoms with Gasteiger partial charge in [-0.05, 0) is 25.0 Å². The zero-order valence-electron chi connectivity index (χ0n) is 10.9. The average Bonchev–Trinajstić information content (AvgIpc) is 2.43. The lowest BCUT2D eigenvalue weighted by Gasteiger charge is -2.21. The van der Waals surface area contributed by atoms with Crippen molar-refractivity contribution in [1.29, 1.82) is 0 Å². The van der Waals surface area contributed by atoms with Crippen molar-refractivity contribution in [3.8, 4) is 0 Å². The van der Waals surface area contributed by atoms with Gasteiger partial charge in [0.2, 0.25) is 0 Å². The van der Waals surface area contributed by atoms with Crippen LogP contribution in [-0.2, 0) is 14.2 Å². The van der Waals surface area contributed by atoms with E-state index in [2.05, 4.69) is 24.3 Å². The van der Waals surface area contributed by atoms with Gasteiger partial charge in [0.05, 0.1) is 6.61 Å². The van der Waals surface area contributed by atoms with E-state index in [1.54, 1.807) is 14.2 Å². The Balaban J connectivity index is 1.94. The Morgan fingerprint density at radius 3 is 2.50 bits per heavy atom. The summed E-state index contributed by atoms with van der Waals surface area (Å²) in [6, 6.07) is 8.37. The molecule has 18 heavy (non-hydrogen) atoms. The SMILES string of the molecule is COC(OC)c1ccc(SC2CCCOC2)cc1. The molecule has 0 bridgehead atoms. The van der Waals surface area contributed by atoms with Crippen molar-refractivity contribution >= 4 is 11.8 Å². The standard InChI is InChI=1S/C14H20O3S/c1-15-14(16-2)11-5-7-12(8-6-11)18-13-4-3-9-17-10-13/h5-8,13-14H,3-4,9-10H2,1-2H3. The molecule has 1 unspecified atom stereocenters. The molecule has 3 nitrogen and oxygen atoms in total. The molecule has 0 saturated carbocycles. The topological polar surface area (TPSA) is 27.7 Å². The minimum Gasteiger partial charge on any atom is -0.380 e. The Morgan fingerprint density at radius 2 is 1.94 bits per heavy atom. The number of benzene rings is 1. The molecule has 0 spiro atoms. The molecule has 0 aliphatic carbocycles. The largest absolute Gasteiger partial charge is 0.380 e. The fraction of sp³-hybridized carbons (Fsp3) is 0.571. The van der Waals surface area contributed by atoms with E-state index in [0.29, 0.717) is 5.25 Å². The molecule has 4 heteroatoms. The van der Waals surface area contributed by atoms with Crippen LogP contribution < -0.4 is 0 Å². The smallest absolute Gasteiger partial charge is 0.183 e. The molecular formula is C14H20O3S. The lowest BCUT2D eigenvalue weighted by atomic mass is 10.2. The van der Waals surface area contributed by atoms with Gasteiger partial charge >= 0.3 is 0 Å². The quantitative estimate of drug-likeness (QED) is 0.766. The molecular weight excluding hydrogens is 248 g/mol. The second-order valence-electron chi connectivity index (χ2n) is 4.33. The van der Waals surface area contributed by atoms with Gasteiger partial charge in [-0.2, -0.15) is 0 Å². The summed E-state index contributed by atoms with van der Waals surface area (Å²) in [6.45, 7) is 1.78. The van der Waals surface area contributed by atoms with E-state index in [1.165, 1.54) is 17.7 Å². The first-order chi connectivity index (χ1) is 8.83. The summed E-state index contributed by atoms with van der Waals surface area (Å²) in [4.78, 5) is 1.28. The van der Waals surface area contributed by atoms with E-state index in [9.17, 15) is 0 Å². The van der Waals surface area contributed by atoms with E-state index in [4.69, 9.17) is 14.2 Å². The average molecular weight is 268 g/mol. The highest BCUT2D eigenvalue weighted by Crippen LogP contribution is 2.29. The summed E-state index contributed by atoms with van der Waals surface area (Å²) in [7, 11) is 3.30. The first-order valence-corrected chi connectivity index (χ1v) is 7.11. The van der Waals surface area contributed by atoms with E-state index in [1.807, 2.05) is 11.8 Å². The lowest BCUT2D eigenvalue weighted by molar-refractivity contribution is -0.106. The predicted octanol–water partition coefficient (Wildman–Crippen LogP) is 3.25. The molecule has 2 rings (SSSR count). The first-order valence-electron chi connectivity index (χ1n) is 6.23. The molecule has 0 aromatic heterocycles. The van der Waals surface area contributed by atoms with Crippen molar-refractivity contribution in [2.45, 2.75) is 29.3 Å². The minimum atomic E-state index is -0.276. The molecule has 0 N–H and O–H groups in total. The van der Waals surface area contributed by atoms with Gasteiger partial charge in [0.25, 0.3) is 0 Å². The van der Waals surface area contributed by atoms with Crippen molar-refractivity contribution < 1.29 is 14.2 Å². The van der Waals surface area contributed by atoms with Crippen LogP contribution in [0.4, 0.5) is 0 Å². The maximum atomic E-state index is 5.49. The van der Waals surface area contributed by atoms with Crippen LogP contribution in [0.2, 0.25) is 0 Å². The van der Waals surface area contributed by atoms with Crippen molar-refractivity contribution in [3.63, 3.8) is 0 Å². The molecule has 1 heterocycles.